The van der Waals surface area contributed by atoms with Crippen LogP contribution in [-0.2, 0) is 21.4 Å². The lowest BCUT2D eigenvalue weighted by Crippen LogP contribution is -2.22. The Morgan fingerprint density at radius 3 is 2.61 bits per heavy atom. The first kappa shape index (κ1) is 18.6. The van der Waals surface area contributed by atoms with Crippen LogP contribution in [0, 0.1) is 0 Å². The maximum Gasteiger partial charge on any atom is 0.238 e. The van der Waals surface area contributed by atoms with Crippen LogP contribution in [-0.4, -0.2) is 25.3 Å². The van der Waals surface area contributed by atoms with E-state index in [1.165, 1.54) is 30.7 Å². The molecule has 0 aromatic heterocycles. The largest absolute Gasteiger partial charge is 0.352 e. The minimum absolute atomic E-state index is 0.0361. The summed E-state index contributed by atoms with van der Waals surface area (Å²) in [6, 6.07) is 6.23. The number of nitrogens with one attached hydrogen (secondary N) is 1. The molecule has 8 heteroatoms. The smallest absolute Gasteiger partial charge is 0.238 e. The number of hydrogen-bond donors (Lipinski definition) is 2. The second-order valence-electron chi connectivity index (χ2n) is 5.54. The van der Waals surface area contributed by atoms with Gasteiger partial charge in [-0.2, -0.15) is 0 Å². The molecule has 128 valence electrons. The molecule has 2 rings (SSSR count). The van der Waals surface area contributed by atoms with Crippen molar-refractivity contribution in [2.45, 2.75) is 48.8 Å². The van der Waals surface area contributed by atoms with Gasteiger partial charge in [-0.25, -0.2) is 13.6 Å². The van der Waals surface area contributed by atoms with Gasteiger partial charge in [-0.1, -0.05) is 40.1 Å². The molecule has 0 spiro atoms. The SMILES string of the molecule is NS(=O)(=O)c1ccc(CNC(=O)CCCC[C@@H]2CCSS2)cc1. The van der Waals surface area contributed by atoms with Gasteiger partial charge < -0.3 is 5.32 Å². The van der Waals surface area contributed by atoms with Gasteiger partial charge in [0.2, 0.25) is 15.9 Å². The second-order valence-corrected chi connectivity index (χ2v) is 9.89. The van der Waals surface area contributed by atoms with Crippen LogP contribution in [0.1, 0.15) is 37.7 Å². The Balaban J connectivity index is 1.63. The van der Waals surface area contributed by atoms with Crippen LogP contribution in [0.15, 0.2) is 29.2 Å². The third-order valence-corrected chi connectivity index (χ3v) is 7.58. The van der Waals surface area contributed by atoms with E-state index in [-0.39, 0.29) is 10.8 Å². The molecule has 1 heterocycles. The molecule has 1 aromatic carbocycles. The summed E-state index contributed by atoms with van der Waals surface area (Å²) in [5.41, 5.74) is 0.852. The first-order valence-electron chi connectivity index (χ1n) is 7.62. The van der Waals surface area contributed by atoms with Crippen molar-refractivity contribution in [3.8, 4) is 0 Å². The molecular weight excluding hydrogens is 352 g/mol. The van der Waals surface area contributed by atoms with Gasteiger partial charge in [0, 0.05) is 24.0 Å². The van der Waals surface area contributed by atoms with Gasteiger partial charge in [0.25, 0.3) is 0 Å². The molecule has 3 N–H and O–H groups in total. The number of hydrogen-bond acceptors (Lipinski definition) is 5. The maximum absolute atomic E-state index is 11.8. The highest BCUT2D eigenvalue weighted by atomic mass is 33.1. The van der Waals surface area contributed by atoms with E-state index in [2.05, 4.69) is 5.32 Å². The Kier molecular flexibility index (Phi) is 7.26. The number of sulfonamides is 1. The Hall–Kier alpha value is -0.700. The van der Waals surface area contributed by atoms with E-state index in [9.17, 15) is 13.2 Å². The lowest BCUT2D eigenvalue weighted by atomic mass is 10.1. The number of amides is 1. The fraction of sp³-hybridized carbons (Fsp3) is 0.533. The van der Waals surface area contributed by atoms with Crippen LogP contribution in [0.3, 0.4) is 0 Å². The average Bonchev–Trinajstić information content (AvgIpc) is 3.02. The molecule has 0 radical (unpaired) electrons. The average molecular weight is 375 g/mol. The van der Waals surface area contributed by atoms with Crippen LogP contribution in [0.4, 0.5) is 0 Å². The number of primary sulfonamides is 1. The Bertz CT molecular complexity index is 611. The molecule has 1 atom stereocenters. The van der Waals surface area contributed by atoms with Gasteiger partial charge in [0.05, 0.1) is 4.90 Å². The molecule has 0 aliphatic carbocycles. The van der Waals surface area contributed by atoms with Crippen molar-refractivity contribution in [2.75, 3.05) is 5.75 Å². The first-order valence-corrected chi connectivity index (χ1v) is 11.5. The lowest BCUT2D eigenvalue weighted by Gasteiger charge is -2.08. The molecule has 1 aliphatic heterocycles. The maximum atomic E-state index is 11.8. The molecule has 0 saturated carbocycles. The van der Waals surface area contributed by atoms with Crippen LogP contribution >= 0.6 is 21.6 Å². The van der Waals surface area contributed by atoms with Crippen molar-refractivity contribution in [3.63, 3.8) is 0 Å². The quantitative estimate of drug-likeness (QED) is 0.539. The lowest BCUT2D eigenvalue weighted by molar-refractivity contribution is -0.121. The van der Waals surface area contributed by atoms with Gasteiger partial charge in [-0.05, 0) is 37.0 Å². The number of nitrogens with two attached hydrogens (primary N) is 1. The minimum atomic E-state index is -3.66. The number of rotatable bonds is 8. The molecule has 0 unspecified atom stereocenters. The van der Waals surface area contributed by atoms with Crippen LogP contribution in [0.5, 0.6) is 0 Å². The highest BCUT2D eigenvalue weighted by Gasteiger charge is 2.15. The predicted molar refractivity (Wildman–Crippen MR) is 96.6 cm³/mol. The highest BCUT2D eigenvalue weighted by molar-refractivity contribution is 8.77. The summed E-state index contributed by atoms with van der Waals surface area (Å²) in [5.74, 6) is 1.29. The second kappa shape index (κ2) is 8.96. The summed E-state index contributed by atoms with van der Waals surface area (Å²) in [6.07, 6.45) is 5.03. The zero-order chi connectivity index (χ0) is 16.7. The van der Waals surface area contributed by atoms with Crippen molar-refractivity contribution in [1.82, 2.24) is 5.32 Å². The fourth-order valence-corrected chi connectivity index (χ4v) is 5.85. The van der Waals surface area contributed by atoms with Crippen molar-refractivity contribution in [1.29, 1.82) is 0 Å². The molecule has 1 aromatic rings. The summed E-state index contributed by atoms with van der Waals surface area (Å²) in [4.78, 5) is 11.9. The minimum Gasteiger partial charge on any atom is -0.352 e. The normalized spacial score (nSPS) is 18.0. The highest BCUT2D eigenvalue weighted by Crippen LogP contribution is 2.39. The van der Waals surface area contributed by atoms with Gasteiger partial charge in [0.15, 0.2) is 0 Å². The predicted octanol–water partition coefficient (Wildman–Crippen LogP) is 2.66. The first-order chi connectivity index (χ1) is 10.9. The molecule has 1 saturated heterocycles. The van der Waals surface area contributed by atoms with E-state index in [1.807, 2.05) is 21.6 Å². The van der Waals surface area contributed by atoms with Crippen molar-refractivity contribution in [3.05, 3.63) is 29.8 Å². The van der Waals surface area contributed by atoms with E-state index >= 15 is 0 Å². The molecule has 1 amide bonds. The molecule has 23 heavy (non-hydrogen) atoms. The van der Waals surface area contributed by atoms with E-state index in [0.29, 0.717) is 13.0 Å². The summed E-state index contributed by atoms with van der Waals surface area (Å²) in [7, 11) is 0.259. The van der Waals surface area contributed by atoms with Crippen LogP contribution in [0.25, 0.3) is 0 Å². The Morgan fingerprint density at radius 1 is 1.26 bits per heavy atom. The van der Waals surface area contributed by atoms with E-state index < -0.39 is 10.0 Å². The third-order valence-electron chi connectivity index (χ3n) is 3.65. The fourth-order valence-electron chi connectivity index (χ4n) is 2.31. The molecule has 0 bridgehead atoms. The van der Waals surface area contributed by atoms with Gasteiger partial charge in [-0.3, -0.25) is 4.79 Å². The van der Waals surface area contributed by atoms with Gasteiger partial charge in [0.1, 0.15) is 0 Å². The van der Waals surface area contributed by atoms with Crippen LogP contribution in [0.2, 0.25) is 0 Å². The van der Waals surface area contributed by atoms with E-state index in [0.717, 1.165) is 23.7 Å². The zero-order valence-corrected chi connectivity index (χ0v) is 15.3. The van der Waals surface area contributed by atoms with Crippen molar-refractivity contribution >= 4 is 37.5 Å². The third kappa shape index (κ3) is 6.74. The Labute approximate surface area is 145 Å². The number of benzene rings is 1. The topological polar surface area (TPSA) is 89.3 Å². The Morgan fingerprint density at radius 2 is 2.00 bits per heavy atom. The van der Waals surface area contributed by atoms with Crippen LogP contribution < -0.4 is 10.5 Å². The molecule has 1 fully saturated rings. The summed E-state index contributed by atoms with van der Waals surface area (Å²) in [6.45, 7) is 0.402. The van der Waals surface area contributed by atoms with Crippen molar-refractivity contribution in [2.24, 2.45) is 5.14 Å². The summed E-state index contributed by atoms with van der Waals surface area (Å²) < 4.78 is 22.3. The monoisotopic (exact) mass is 374 g/mol. The van der Waals surface area contributed by atoms with E-state index in [1.54, 1.807) is 12.1 Å². The number of carbonyl (C=O) groups is 1. The number of carbonyl (C=O) groups excluding carboxylic acids is 1. The standard InChI is InChI=1S/C15H22N2O3S3/c16-23(19,20)14-7-5-12(6-8-14)11-17-15(18)4-2-1-3-13-9-10-21-22-13/h5-8,13H,1-4,9-11H2,(H,17,18)(H2,16,19,20)/t13-/m1/s1. The molecular formula is C15H22N2O3S3. The number of unbranched alkanes of at least 4 members (excludes halogenated alkanes) is 1. The van der Waals surface area contributed by atoms with E-state index in [4.69, 9.17) is 5.14 Å². The summed E-state index contributed by atoms with van der Waals surface area (Å²) >= 11 is 0. The zero-order valence-electron chi connectivity index (χ0n) is 12.9. The summed E-state index contributed by atoms with van der Waals surface area (Å²) in [5, 5.41) is 8.66. The van der Waals surface area contributed by atoms with Gasteiger partial charge >= 0.3 is 0 Å². The molecule has 5 nitrogen and oxygen atoms in total. The molecule has 1 aliphatic rings. The van der Waals surface area contributed by atoms with Crippen molar-refractivity contribution < 1.29 is 13.2 Å². The van der Waals surface area contributed by atoms with Gasteiger partial charge in [-0.15, -0.1) is 0 Å².